The van der Waals surface area contributed by atoms with Crippen LogP contribution < -0.4 is 15.4 Å². The fourth-order valence-electron chi connectivity index (χ4n) is 2.27. The number of carbonyl (C=O) groups excluding carboxylic acids is 1. The Kier molecular flexibility index (Phi) is 7.08. The second-order valence-corrected chi connectivity index (χ2v) is 8.87. The zero-order valence-corrected chi connectivity index (χ0v) is 18.2. The molecule has 0 unspecified atom stereocenters. The number of non-ortho nitro benzene ring substituents is 1. The van der Waals surface area contributed by atoms with E-state index in [0.29, 0.717) is 9.47 Å². The number of nitro benzene ring substituents is 1. The molecule has 0 radical (unpaired) electrons. The lowest BCUT2D eigenvalue weighted by Crippen LogP contribution is -2.22. The summed E-state index contributed by atoms with van der Waals surface area (Å²) in [6.07, 6.45) is 0. The van der Waals surface area contributed by atoms with Crippen LogP contribution in [0.15, 0.2) is 46.8 Å². The van der Waals surface area contributed by atoms with Gasteiger partial charge in [0, 0.05) is 17.8 Å². The van der Waals surface area contributed by atoms with Crippen LogP contribution in [0.3, 0.4) is 0 Å². The number of hydrogen-bond acceptors (Lipinski definition) is 9. The van der Waals surface area contributed by atoms with Crippen molar-refractivity contribution < 1.29 is 14.5 Å². The Hall–Kier alpha value is -2.89. The molecule has 0 saturated carbocycles. The first-order valence-electron chi connectivity index (χ1n) is 8.51. The molecule has 0 aliphatic heterocycles. The molecule has 1 heterocycles. The first-order valence-corrected chi connectivity index (χ1v) is 10.6. The van der Waals surface area contributed by atoms with Gasteiger partial charge in [0.15, 0.2) is 4.34 Å². The first kappa shape index (κ1) is 21.8. The summed E-state index contributed by atoms with van der Waals surface area (Å²) in [5.41, 5.74) is 0.852. The number of nitrogens with one attached hydrogen (secondary N) is 2. The van der Waals surface area contributed by atoms with E-state index in [2.05, 4.69) is 20.8 Å². The minimum Gasteiger partial charge on any atom is -0.497 e. The number of thioether (sulfide) groups is 1. The van der Waals surface area contributed by atoms with Gasteiger partial charge in [-0.2, -0.15) is 0 Å². The Morgan fingerprint density at radius 3 is 2.67 bits per heavy atom. The Labute approximate surface area is 185 Å². The molecule has 2 aromatic carbocycles. The maximum Gasteiger partial charge on any atom is 0.271 e. The molecule has 1 aromatic heterocycles. The number of rotatable bonds is 8. The maximum absolute atomic E-state index is 12.5. The number of nitrogens with zero attached hydrogens (tertiary/aromatic N) is 3. The smallest absolute Gasteiger partial charge is 0.271 e. The molecule has 30 heavy (non-hydrogen) atoms. The van der Waals surface area contributed by atoms with Gasteiger partial charge in [0.2, 0.25) is 11.0 Å². The number of benzene rings is 2. The molecule has 0 bridgehead atoms. The lowest BCUT2D eigenvalue weighted by atomic mass is 10.2. The molecule has 1 atom stereocenters. The quantitative estimate of drug-likeness (QED) is 0.272. The van der Waals surface area contributed by atoms with E-state index < -0.39 is 10.2 Å². The molecule has 0 saturated heterocycles. The number of ether oxygens (including phenoxy) is 1. The lowest BCUT2D eigenvalue weighted by Gasteiger charge is -2.11. The Morgan fingerprint density at radius 2 is 2.00 bits per heavy atom. The van der Waals surface area contributed by atoms with Gasteiger partial charge in [-0.15, -0.1) is 10.2 Å². The molecule has 0 aliphatic carbocycles. The van der Waals surface area contributed by atoms with Gasteiger partial charge in [-0.1, -0.05) is 34.7 Å². The van der Waals surface area contributed by atoms with E-state index in [1.165, 1.54) is 41.3 Å². The third-order valence-electron chi connectivity index (χ3n) is 3.81. The van der Waals surface area contributed by atoms with Gasteiger partial charge in [-0.05, 0) is 37.3 Å². The predicted molar refractivity (Wildman–Crippen MR) is 118 cm³/mol. The number of hydrogen-bond donors (Lipinski definition) is 2. The van der Waals surface area contributed by atoms with Crippen LogP contribution in [-0.2, 0) is 4.79 Å². The van der Waals surface area contributed by atoms with Crippen molar-refractivity contribution in [3.05, 3.63) is 57.6 Å². The van der Waals surface area contributed by atoms with Crippen molar-refractivity contribution in [1.82, 2.24) is 10.2 Å². The monoisotopic (exact) mass is 465 g/mol. The van der Waals surface area contributed by atoms with Gasteiger partial charge in [-0.25, -0.2) is 0 Å². The number of anilines is 3. The van der Waals surface area contributed by atoms with Crippen LogP contribution in [0.1, 0.15) is 6.92 Å². The second-order valence-electron chi connectivity index (χ2n) is 5.90. The average Bonchev–Trinajstić information content (AvgIpc) is 3.16. The van der Waals surface area contributed by atoms with Gasteiger partial charge in [0.05, 0.1) is 28.0 Å². The van der Waals surface area contributed by atoms with Crippen LogP contribution in [0.25, 0.3) is 0 Å². The zero-order valence-electron chi connectivity index (χ0n) is 15.8. The molecule has 2 N–H and O–H groups in total. The fraction of sp³-hybridized carbons (Fsp3) is 0.167. The number of carbonyl (C=O) groups is 1. The average molecular weight is 466 g/mol. The standard InChI is InChI=1S/C18H16ClN5O4S2/c1-10(16(25)21-15-9-12(24(26)27)5-8-14(15)19)29-18-23-22-17(30-18)20-11-3-6-13(28-2)7-4-11/h3-10H,1-2H3,(H,20,22)(H,21,25)/t10-/m0/s1. The fourth-order valence-corrected chi connectivity index (χ4v) is 4.35. The summed E-state index contributed by atoms with van der Waals surface area (Å²) in [6, 6.07) is 11.2. The van der Waals surface area contributed by atoms with Crippen molar-refractivity contribution >= 4 is 62.8 Å². The summed E-state index contributed by atoms with van der Waals surface area (Å²) in [7, 11) is 1.60. The van der Waals surface area contributed by atoms with E-state index in [-0.39, 0.29) is 22.3 Å². The van der Waals surface area contributed by atoms with E-state index in [1.54, 1.807) is 14.0 Å². The van der Waals surface area contributed by atoms with E-state index in [0.717, 1.165) is 11.4 Å². The zero-order chi connectivity index (χ0) is 21.7. The van der Waals surface area contributed by atoms with Crippen molar-refractivity contribution in [1.29, 1.82) is 0 Å². The number of nitro groups is 1. The van der Waals surface area contributed by atoms with E-state index in [1.807, 2.05) is 24.3 Å². The third kappa shape index (κ3) is 5.59. The summed E-state index contributed by atoms with van der Waals surface area (Å²) >= 11 is 8.55. The van der Waals surface area contributed by atoms with Crippen LogP contribution >= 0.6 is 34.7 Å². The minimum atomic E-state index is -0.553. The Morgan fingerprint density at radius 1 is 1.27 bits per heavy atom. The van der Waals surface area contributed by atoms with Gasteiger partial charge < -0.3 is 15.4 Å². The van der Waals surface area contributed by atoms with Crippen LogP contribution in [0.2, 0.25) is 5.02 Å². The highest BCUT2D eigenvalue weighted by Crippen LogP contribution is 2.32. The van der Waals surface area contributed by atoms with Crippen LogP contribution in [0, 0.1) is 10.1 Å². The second kappa shape index (κ2) is 9.74. The van der Waals surface area contributed by atoms with E-state index in [9.17, 15) is 14.9 Å². The molecule has 0 fully saturated rings. The summed E-state index contributed by atoms with van der Waals surface area (Å²) in [5.74, 6) is 0.389. The van der Waals surface area contributed by atoms with Gasteiger partial charge in [0.1, 0.15) is 5.75 Å². The molecular weight excluding hydrogens is 450 g/mol. The summed E-state index contributed by atoms with van der Waals surface area (Å²) in [5, 5.41) is 25.1. The van der Waals surface area contributed by atoms with Crippen molar-refractivity contribution in [2.75, 3.05) is 17.7 Å². The number of amides is 1. The Balaban J connectivity index is 1.60. The molecule has 3 aromatic rings. The Bertz CT molecular complexity index is 1060. The molecule has 12 heteroatoms. The van der Waals surface area contributed by atoms with Gasteiger partial charge >= 0.3 is 0 Å². The maximum atomic E-state index is 12.5. The highest BCUT2D eigenvalue weighted by atomic mass is 35.5. The van der Waals surface area contributed by atoms with Crippen molar-refractivity contribution in [3.63, 3.8) is 0 Å². The largest absolute Gasteiger partial charge is 0.497 e. The van der Waals surface area contributed by atoms with Crippen molar-refractivity contribution in [2.45, 2.75) is 16.5 Å². The lowest BCUT2D eigenvalue weighted by molar-refractivity contribution is -0.384. The normalized spacial score (nSPS) is 11.6. The molecule has 9 nitrogen and oxygen atoms in total. The highest BCUT2D eigenvalue weighted by Gasteiger charge is 2.19. The number of halogens is 1. The summed E-state index contributed by atoms with van der Waals surface area (Å²) in [6.45, 7) is 1.70. The van der Waals surface area contributed by atoms with Crippen molar-refractivity contribution in [2.24, 2.45) is 0 Å². The van der Waals surface area contributed by atoms with Gasteiger partial charge in [-0.3, -0.25) is 14.9 Å². The molecule has 1 amide bonds. The molecular formula is C18H16ClN5O4S2. The first-order chi connectivity index (χ1) is 14.4. The van der Waals surface area contributed by atoms with Crippen LogP contribution in [0.4, 0.5) is 22.2 Å². The third-order valence-corrected chi connectivity index (χ3v) is 6.17. The molecule has 156 valence electrons. The number of aromatic nitrogens is 2. The summed E-state index contributed by atoms with van der Waals surface area (Å²) < 4.78 is 5.72. The molecule has 0 spiro atoms. The molecule has 0 aliphatic rings. The van der Waals surface area contributed by atoms with Gasteiger partial charge in [0.25, 0.3) is 5.69 Å². The predicted octanol–water partition coefficient (Wildman–Crippen LogP) is 4.97. The highest BCUT2D eigenvalue weighted by molar-refractivity contribution is 8.02. The van der Waals surface area contributed by atoms with Crippen LogP contribution in [-0.4, -0.2) is 33.4 Å². The van der Waals surface area contributed by atoms with E-state index >= 15 is 0 Å². The van der Waals surface area contributed by atoms with Crippen molar-refractivity contribution in [3.8, 4) is 5.75 Å². The topological polar surface area (TPSA) is 119 Å². The van der Waals surface area contributed by atoms with Crippen LogP contribution in [0.5, 0.6) is 5.75 Å². The minimum absolute atomic E-state index is 0.159. The van der Waals surface area contributed by atoms with E-state index in [4.69, 9.17) is 16.3 Å². The number of methoxy groups -OCH3 is 1. The SMILES string of the molecule is COc1ccc(Nc2nnc(S[C@@H](C)C(=O)Nc3cc([N+](=O)[O-])ccc3Cl)s2)cc1. The molecule has 3 rings (SSSR count). The summed E-state index contributed by atoms with van der Waals surface area (Å²) in [4.78, 5) is 22.8.